The summed E-state index contributed by atoms with van der Waals surface area (Å²) in [6.07, 6.45) is 3.02. The van der Waals surface area contributed by atoms with Crippen LogP contribution in [0.25, 0.3) is 0 Å². The number of carbonyl (C=O) groups excluding carboxylic acids is 2. The first-order chi connectivity index (χ1) is 14.0. The molecule has 2 aliphatic rings. The van der Waals surface area contributed by atoms with Crippen molar-refractivity contribution in [3.05, 3.63) is 82.2 Å². The summed E-state index contributed by atoms with van der Waals surface area (Å²) in [6, 6.07) is 13.0. The first kappa shape index (κ1) is 18.6. The minimum absolute atomic E-state index is 0.0306. The maximum absolute atomic E-state index is 13.0. The van der Waals surface area contributed by atoms with Gasteiger partial charge in [0.15, 0.2) is 11.5 Å². The number of amides is 1. The summed E-state index contributed by atoms with van der Waals surface area (Å²) in [5.41, 5.74) is 12.3. The number of nitrogens with one attached hydrogen (secondary N) is 1. The van der Waals surface area contributed by atoms with Gasteiger partial charge in [-0.3, -0.25) is 15.0 Å². The van der Waals surface area contributed by atoms with Crippen molar-refractivity contribution in [1.29, 1.82) is 5.26 Å². The van der Waals surface area contributed by atoms with E-state index in [1.54, 1.807) is 6.07 Å². The lowest BCUT2D eigenvalue weighted by Crippen LogP contribution is -2.48. The lowest BCUT2D eigenvalue weighted by Gasteiger charge is -2.39. The van der Waals surface area contributed by atoms with E-state index in [4.69, 9.17) is 10.2 Å². The number of hydrogen-bond donors (Lipinski definition) is 2. The zero-order chi connectivity index (χ0) is 20.5. The second-order valence-corrected chi connectivity index (χ2v) is 7.09. The van der Waals surface area contributed by atoms with Crippen molar-refractivity contribution in [3.8, 4) is 6.07 Å². The molecule has 2 heterocycles. The number of aryl methyl sites for hydroxylation is 1. The number of Topliss-reactive ketones (excluding diaryl/α,β-unsaturated/α-hetero) is 1. The zero-order valence-corrected chi connectivity index (χ0v) is 15.9. The van der Waals surface area contributed by atoms with E-state index in [0.717, 1.165) is 11.1 Å². The van der Waals surface area contributed by atoms with Gasteiger partial charge in [-0.2, -0.15) is 5.26 Å². The normalized spacial score (nSPS) is 19.1. The maximum Gasteiger partial charge on any atom is 0.305 e. The smallest absolute Gasteiger partial charge is 0.305 e. The lowest BCUT2D eigenvalue weighted by atomic mass is 9.75. The number of carbonyl (C=O) groups is 2. The molecule has 1 amide bonds. The average Bonchev–Trinajstić information content (AvgIpc) is 3.25. The van der Waals surface area contributed by atoms with Crippen molar-refractivity contribution >= 4 is 11.7 Å². The van der Waals surface area contributed by atoms with Crippen LogP contribution in [0.2, 0.25) is 0 Å². The van der Waals surface area contributed by atoms with Crippen LogP contribution in [0.5, 0.6) is 0 Å². The summed E-state index contributed by atoms with van der Waals surface area (Å²) in [6.45, 7) is 1.94. The fourth-order valence-electron chi connectivity index (χ4n) is 4.00. The molecule has 0 saturated heterocycles. The molecule has 7 heteroatoms. The van der Waals surface area contributed by atoms with Gasteiger partial charge in [0.2, 0.25) is 0 Å². The molecule has 7 nitrogen and oxygen atoms in total. The minimum atomic E-state index is -0.541. The second kappa shape index (κ2) is 7.32. The molecule has 1 aromatic heterocycles. The van der Waals surface area contributed by atoms with Gasteiger partial charge in [0.05, 0.1) is 23.8 Å². The number of nitriles is 1. The Balaban J connectivity index is 1.86. The van der Waals surface area contributed by atoms with Gasteiger partial charge in [0, 0.05) is 17.7 Å². The minimum Gasteiger partial charge on any atom is -0.459 e. The number of rotatable bonds is 3. The highest BCUT2D eigenvalue weighted by Crippen LogP contribution is 2.44. The second-order valence-electron chi connectivity index (χ2n) is 7.09. The Kier molecular flexibility index (Phi) is 4.69. The molecular formula is C22H20N4O3. The van der Waals surface area contributed by atoms with E-state index in [1.807, 2.05) is 31.2 Å². The standard InChI is InChI=1S/C22H20N4O3/c1-13-6-2-3-7-14(13)19-15(12-23)21(24)26(16-8-4-9-17(27)20(16)19)25-22(28)18-10-5-11-29-18/h2-3,5-7,10-11,19H,4,8-9,24H2,1H3,(H,25,28). The quantitative estimate of drug-likeness (QED) is 0.836. The molecule has 0 saturated carbocycles. The van der Waals surface area contributed by atoms with E-state index in [9.17, 15) is 14.9 Å². The molecule has 1 unspecified atom stereocenters. The Bertz CT molecular complexity index is 1090. The van der Waals surface area contributed by atoms with E-state index in [0.29, 0.717) is 30.5 Å². The molecule has 1 aliphatic carbocycles. The number of allylic oxidation sites excluding steroid dienone is 3. The zero-order valence-electron chi connectivity index (χ0n) is 15.9. The number of nitrogens with zero attached hydrogens (tertiary/aromatic N) is 2. The molecule has 1 aliphatic heterocycles. The van der Waals surface area contributed by atoms with Crippen LogP contribution in [0.3, 0.4) is 0 Å². The summed E-state index contributed by atoms with van der Waals surface area (Å²) >= 11 is 0. The molecule has 1 aromatic carbocycles. The van der Waals surface area contributed by atoms with Crippen molar-refractivity contribution < 1.29 is 14.0 Å². The first-order valence-electron chi connectivity index (χ1n) is 9.39. The predicted octanol–water partition coefficient (Wildman–Crippen LogP) is 3.03. The molecule has 0 bridgehead atoms. The van der Waals surface area contributed by atoms with E-state index >= 15 is 0 Å². The fraction of sp³-hybridized carbons (Fsp3) is 0.227. The van der Waals surface area contributed by atoms with E-state index < -0.39 is 11.8 Å². The summed E-state index contributed by atoms with van der Waals surface area (Å²) in [7, 11) is 0. The third-order valence-corrected chi connectivity index (χ3v) is 5.37. The number of benzene rings is 1. The van der Waals surface area contributed by atoms with Gasteiger partial charge in [0.25, 0.3) is 0 Å². The highest BCUT2D eigenvalue weighted by molar-refractivity contribution is 6.00. The van der Waals surface area contributed by atoms with Crippen molar-refractivity contribution in [3.63, 3.8) is 0 Å². The third-order valence-electron chi connectivity index (χ3n) is 5.37. The molecule has 29 heavy (non-hydrogen) atoms. The molecule has 3 N–H and O–H groups in total. The highest BCUT2D eigenvalue weighted by atomic mass is 16.3. The molecule has 146 valence electrons. The van der Waals surface area contributed by atoms with Crippen molar-refractivity contribution in [2.24, 2.45) is 5.73 Å². The largest absolute Gasteiger partial charge is 0.459 e. The van der Waals surface area contributed by atoms with E-state index in [1.165, 1.54) is 17.3 Å². The third kappa shape index (κ3) is 3.09. The molecule has 1 atom stereocenters. The van der Waals surface area contributed by atoms with Gasteiger partial charge < -0.3 is 10.2 Å². The number of hydrazine groups is 1. The average molecular weight is 388 g/mol. The Morgan fingerprint density at radius 2 is 2.07 bits per heavy atom. The maximum atomic E-state index is 13.0. The molecule has 0 radical (unpaired) electrons. The SMILES string of the molecule is Cc1ccccc1C1C(C#N)=C(N)N(NC(=O)c2ccco2)C2=C1C(=O)CCC2. The summed E-state index contributed by atoms with van der Waals surface area (Å²) in [5, 5.41) is 11.3. The molecular weight excluding hydrogens is 368 g/mol. The van der Waals surface area contributed by atoms with Crippen LogP contribution < -0.4 is 11.2 Å². The van der Waals surface area contributed by atoms with Crippen LogP contribution in [0.15, 0.2) is 69.7 Å². The van der Waals surface area contributed by atoms with Gasteiger partial charge >= 0.3 is 5.91 Å². The van der Waals surface area contributed by atoms with Crippen molar-refractivity contribution in [2.45, 2.75) is 32.1 Å². The monoisotopic (exact) mass is 388 g/mol. The number of nitrogens with two attached hydrogens (primary N) is 1. The summed E-state index contributed by atoms with van der Waals surface area (Å²) in [5.74, 6) is -0.844. The molecule has 2 aromatic rings. The van der Waals surface area contributed by atoms with Crippen LogP contribution in [0, 0.1) is 18.3 Å². The van der Waals surface area contributed by atoms with Crippen molar-refractivity contribution in [1.82, 2.24) is 10.4 Å². The predicted molar refractivity (Wildman–Crippen MR) is 105 cm³/mol. The van der Waals surface area contributed by atoms with Gasteiger partial charge in [0.1, 0.15) is 5.82 Å². The Labute approximate surface area is 168 Å². The summed E-state index contributed by atoms with van der Waals surface area (Å²) < 4.78 is 5.14. The molecule has 0 fully saturated rings. The van der Waals surface area contributed by atoms with E-state index in [-0.39, 0.29) is 22.9 Å². The Hall–Kier alpha value is -3.79. The highest BCUT2D eigenvalue weighted by Gasteiger charge is 2.41. The molecule has 4 rings (SSSR count). The number of hydrogen-bond acceptors (Lipinski definition) is 6. The first-order valence-corrected chi connectivity index (χ1v) is 9.39. The molecule has 0 spiro atoms. The van der Waals surface area contributed by atoms with Crippen LogP contribution in [0.4, 0.5) is 0 Å². The van der Waals surface area contributed by atoms with Crippen molar-refractivity contribution in [2.75, 3.05) is 0 Å². The number of ketones is 1. The van der Waals surface area contributed by atoms with E-state index in [2.05, 4.69) is 11.5 Å². The van der Waals surface area contributed by atoms with Crippen LogP contribution in [-0.4, -0.2) is 16.7 Å². The Morgan fingerprint density at radius 1 is 1.28 bits per heavy atom. The fourth-order valence-corrected chi connectivity index (χ4v) is 4.00. The Morgan fingerprint density at radius 3 is 2.76 bits per heavy atom. The summed E-state index contributed by atoms with van der Waals surface area (Å²) in [4.78, 5) is 25.5. The van der Waals surface area contributed by atoms with Gasteiger partial charge in [-0.15, -0.1) is 0 Å². The van der Waals surface area contributed by atoms with Crippen LogP contribution >= 0.6 is 0 Å². The van der Waals surface area contributed by atoms with Gasteiger partial charge in [-0.25, -0.2) is 5.01 Å². The van der Waals surface area contributed by atoms with Crippen LogP contribution in [0.1, 0.15) is 46.9 Å². The number of furan rings is 1. The topological polar surface area (TPSA) is 112 Å². The lowest BCUT2D eigenvalue weighted by molar-refractivity contribution is -0.116. The van der Waals surface area contributed by atoms with Gasteiger partial charge in [-0.1, -0.05) is 24.3 Å². The van der Waals surface area contributed by atoms with Crippen LogP contribution in [-0.2, 0) is 4.79 Å². The van der Waals surface area contributed by atoms with Gasteiger partial charge in [-0.05, 0) is 43.0 Å².